The first-order chi connectivity index (χ1) is 15.7. The molecule has 2 aromatic rings. The molecule has 1 aliphatic carbocycles. The summed E-state index contributed by atoms with van der Waals surface area (Å²) in [5.41, 5.74) is 5.05. The summed E-state index contributed by atoms with van der Waals surface area (Å²) < 4.78 is 20.0. The number of halogens is 1. The number of amides is 1. The van der Waals surface area contributed by atoms with Crippen molar-refractivity contribution in [1.82, 2.24) is 5.01 Å². The fourth-order valence-corrected chi connectivity index (χ4v) is 4.74. The van der Waals surface area contributed by atoms with Gasteiger partial charge in [0.2, 0.25) is 0 Å². The molecule has 0 atom stereocenters. The van der Waals surface area contributed by atoms with E-state index in [1.54, 1.807) is 36.4 Å². The van der Waals surface area contributed by atoms with Crippen molar-refractivity contribution in [2.75, 3.05) is 17.4 Å². The van der Waals surface area contributed by atoms with E-state index >= 15 is 0 Å². The van der Waals surface area contributed by atoms with Crippen LogP contribution in [0.3, 0.4) is 0 Å². The van der Waals surface area contributed by atoms with Gasteiger partial charge in [0.05, 0.1) is 30.7 Å². The molecule has 1 amide bonds. The highest BCUT2D eigenvalue weighted by Crippen LogP contribution is 2.50. The third-order valence-corrected chi connectivity index (χ3v) is 6.38. The zero-order valence-electron chi connectivity index (χ0n) is 19.1. The number of hydrogen-bond acceptors (Lipinski definition) is 5. The van der Waals surface area contributed by atoms with Gasteiger partial charge in [0, 0.05) is 17.2 Å². The Morgan fingerprint density at radius 2 is 1.94 bits per heavy atom. The average Bonchev–Trinajstić information content (AvgIpc) is 3.08. The second-order valence-corrected chi connectivity index (χ2v) is 9.10. The molecule has 33 heavy (non-hydrogen) atoms. The number of carbonyl (C=O) groups is 1. The minimum atomic E-state index is -0.829. The Balaban J connectivity index is 1.74. The van der Waals surface area contributed by atoms with E-state index in [2.05, 4.69) is 5.32 Å². The van der Waals surface area contributed by atoms with Gasteiger partial charge in [-0.05, 0) is 68.7 Å². The molecule has 7 heteroatoms. The number of benzene rings is 2. The van der Waals surface area contributed by atoms with Gasteiger partial charge in [-0.15, -0.1) is 0 Å². The second kappa shape index (κ2) is 7.40. The summed E-state index contributed by atoms with van der Waals surface area (Å²) in [4.78, 5) is 13.6. The lowest BCUT2D eigenvalue weighted by atomic mass is 9.93. The standard InChI is InChI=1S/C26H26FN3O3/c1-15-6-5-7-16(27)12-22(15)29-14-20-18(19-9-8-17(31)13-23(19)33-4)10-11-21-24(20)30(29)25(32)26(2,3)28-21/h5,7-13,28,31H,6,14H2,1-4H3. The molecule has 6 nitrogen and oxygen atoms in total. The lowest BCUT2D eigenvalue weighted by Crippen LogP contribution is -2.57. The number of hydrogen-bond donors (Lipinski definition) is 2. The number of ether oxygens (including phenoxy) is 1. The van der Waals surface area contributed by atoms with Crippen LogP contribution in [0.1, 0.15) is 32.8 Å². The molecule has 0 saturated carbocycles. The summed E-state index contributed by atoms with van der Waals surface area (Å²) in [5, 5.41) is 16.8. The predicted octanol–water partition coefficient (Wildman–Crippen LogP) is 5.42. The van der Waals surface area contributed by atoms with Gasteiger partial charge in [0.1, 0.15) is 22.9 Å². The van der Waals surface area contributed by atoms with Gasteiger partial charge < -0.3 is 15.2 Å². The molecule has 0 radical (unpaired) electrons. The van der Waals surface area contributed by atoms with Crippen molar-refractivity contribution >= 4 is 17.3 Å². The van der Waals surface area contributed by atoms with Crippen LogP contribution in [0.25, 0.3) is 11.1 Å². The van der Waals surface area contributed by atoms with Gasteiger partial charge >= 0.3 is 0 Å². The third-order valence-electron chi connectivity index (χ3n) is 6.38. The summed E-state index contributed by atoms with van der Waals surface area (Å²) in [6, 6.07) is 8.94. The summed E-state index contributed by atoms with van der Waals surface area (Å²) in [7, 11) is 1.56. The van der Waals surface area contributed by atoms with Crippen LogP contribution in [-0.2, 0) is 11.3 Å². The first-order valence-electron chi connectivity index (χ1n) is 10.9. The van der Waals surface area contributed by atoms with E-state index in [0.717, 1.165) is 33.6 Å². The Bertz CT molecular complexity index is 1280. The van der Waals surface area contributed by atoms with Crippen LogP contribution in [-0.4, -0.2) is 28.7 Å². The number of rotatable bonds is 3. The normalized spacial score (nSPS) is 18.7. The van der Waals surface area contributed by atoms with E-state index in [0.29, 0.717) is 24.4 Å². The van der Waals surface area contributed by atoms with E-state index in [1.165, 1.54) is 12.2 Å². The highest BCUT2D eigenvalue weighted by atomic mass is 19.1. The number of aromatic hydroxyl groups is 1. The topological polar surface area (TPSA) is 65.0 Å². The molecule has 0 fully saturated rings. The molecule has 2 N–H and O–H groups in total. The zero-order valence-corrected chi connectivity index (χ0v) is 19.1. The number of hydrazine groups is 1. The van der Waals surface area contributed by atoms with Gasteiger partial charge in [-0.2, -0.15) is 0 Å². The Morgan fingerprint density at radius 1 is 1.18 bits per heavy atom. The Kier molecular flexibility index (Phi) is 4.74. The van der Waals surface area contributed by atoms with Gasteiger partial charge in [-0.1, -0.05) is 12.1 Å². The van der Waals surface area contributed by atoms with Crippen LogP contribution in [0, 0.1) is 0 Å². The number of phenolic OH excluding ortho intramolecular Hbond substituents is 1. The molecule has 170 valence electrons. The molecule has 0 aromatic heterocycles. The van der Waals surface area contributed by atoms with E-state index in [9.17, 15) is 14.3 Å². The minimum Gasteiger partial charge on any atom is -0.508 e. The van der Waals surface area contributed by atoms with Crippen LogP contribution in [0.2, 0.25) is 0 Å². The zero-order chi connectivity index (χ0) is 23.5. The third kappa shape index (κ3) is 3.26. The molecular formula is C26H26FN3O3. The van der Waals surface area contributed by atoms with Crippen LogP contribution in [0.4, 0.5) is 15.8 Å². The lowest BCUT2D eigenvalue weighted by Gasteiger charge is -2.42. The van der Waals surface area contributed by atoms with Crippen molar-refractivity contribution in [3.63, 3.8) is 0 Å². The molecular weight excluding hydrogens is 421 g/mol. The van der Waals surface area contributed by atoms with Crippen molar-refractivity contribution in [3.05, 3.63) is 71.2 Å². The monoisotopic (exact) mass is 447 g/mol. The van der Waals surface area contributed by atoms with Crippen molar-refractivity contribution in [2.45, 2.75) is 39.3 Å². The van der Waals surface area contributed by atoms with E-state index in [4.69, 9.17) is 4.74 Å². The average molecular weight is 448 g/mol. The number of carbonyl (C=O) groups excluding carboxylic acids is 1. The summed E-state index contributed by atoms with van der Waals surface area (Å²) >= 11 is 0. The van der Waals surface area contributed by atoms with Crippen LogP contribution in [0.5, 0.6) is 11.5 Å². The molecule has 3 aliphatic rings. The van der Waals surface area contributed by atoms with Crippen LogP contribution in [0.15, 0.2) is 65.7 Å². The molecule has 2 aromatic carbocycles. The molecule has 0 saturated heterocycles. The number of nitrogens with one attached hydrogen (secondary N) is 1. The summed E-state index contributed by atoms with van der Waals surface area (Å²) in [6.07, 6.45) is 5.34. The van der Waals surface area contributed by atoms with Gasteiger partial charge in [0.15, 0.2) is 0 Å². The molecule has 0 bridgehead atoms. The van der Waals surface area contributed by atoms with Crippen molar-refractivity contribution in [3.8, 4) is 22.6 Å². The Morgan fingerprint density at radius 3 is 2.70 bits per heavy atom. The van der Waals surface area contributed by atoms with E-state index in [1.807, 2.05) is 37.9 Å². The molecule has 2 heterocycles. The lowest BCUT2D eigenvalue weighted by molar-refractivity contribution is -0.124. The molecule has 0 unspecified atom stereocenters. The number of allylic oxidation sites excluding steroid dienone is 5. The SMILES string of the molecule is COc1cc(O)ccc1-c1ccc2c3c1CN(C1=C(C)CC=CC(F)=C1)N3C(=O)C(C)(C)N2. The van der Waals surface area contributed by atoms with Crippen LogP contribution < -0.4 is 15.1 Å². The summed E-state index contributed by atoms with van der Waals surface area (Å²) in [5.74, 6) is 0.181. The highest BCUT2D eigenvalue weighted by molar-refractivity contribution is 6.09. The minimum absolute atomic E-state index is 0.110. The Labute approximate surface area is 192 Å². The first kappa shape index (κ1) is 21.1. The number of anilines is 2. The first-order valence-corrected chi connectivity index (χ1v) is 10.9. The fraction of sp³-hybridized carbons (Fsp3) is 0.269. The molecule has 2 aliphatic heterocycles. The maximum absolute atomic E-state index is 14.5. The van der Waals surface area contributed by atoms with Gasteiger partial charge in [-0.3, -0.25) is 9.80 Å². The molecule has 0 spiro atoms. The maximum atomic E-state index is 14.5. The van der Waals surface area contributed by atoms with Crippen molar-refractivity contribution in [2.24, 2.45) is 0 Å². The highest BCUT2D eigenvalue weighted by Gasteiger charge is 2.47. The van der Waals surface area contributed by atoms with Crippen molar-refractivity contribution in [1.29, 1.82) is 0 Å². The number of phenols is 1. The predicted molar refractivity (Wildman–Crippen MR) is 126 cm³/mol. The largest absolute Gasteiger partial charge is 0.508 e. The smallest absolute Gasteiger partial charge is 0.270 e. The number of nitrogens with zero attached hydrogens (tertiary/aromatic N) is 2. The Hall–Kier alpha value is -3.74. The van der Waals surface area contributed by atoms with Gasteiger partial charge in [0.25, 0.3) is 5.91 Å². The van der Waals surface area contributed by atoms with Crippen molar-refractivity contribution < 1.29 is 19.0 Å². The summed E-state index contributed by atoms with van der Waals surface area (Å²) in [6.45, 7) is 6.04. The maximum Gasteiger partial charge on any atom is 0.270 e. The number of methoxy groups -OCH3 is 1. The van der Waals surface area contributed by atoms with E-state index < -0.39 is 5.54 Å². The second-order valence-electron chi connectivity index (χ2n) is 9.10. The fourth-order valence-electron chi connectivity index (χ4n) is 4.74. The van der Waals surface area contributed by atoms with Gasteiger partial charge in [-0.25, -0.2) is 9.40 Å². The van der Waals surface area contributed by atoms with E-state index in [-0.39, 0.29) is 17.5 Å². The quantitative estimate of drug-likeness (QED) is 0.658. The van der Waals surface area contributed by atoms with Crippen LogP contribution >= 0.6 is 0 Å². The molecule has 5 rings (SSSR count).